The van der Waals surface area contributed by atoms with Gasteiger partial charge >= 0.3 is 5.69 Å². The number of nitrogens with two attached hydrogens (primary N) is 1. The SMILES string of the molecule is CCn1c(N)c(NCc2csc(C)n2)c(=O)[nH]c1=O. The van der Waals surface area contributed by atoms with Crippen LogP contribution in [0.3, 0.4) is 0 Å². The Balaban J connectivity index is 2.30. The minimum Gasteiger partial charge on any atom is -0.383 e. The Hall–Kier alpha value is -2.09. The third-order valence-electron chi connectivity index (χ3n) is 2.67. The van der Waals surface area contributed by atoms with Crippen molar-refractivity contribution in [2.45, 2.75) is 26.9 Å². The second kappa shape index (κ2) is 5.27. The van der Waals surface area contributed by atoms with Crippen LogP contribution in [0.15, 0.2) is 15.0 Å². The van der Waals surface area contributed by atoms with Crippen LogP contribution in [0.4, 0.5) is 11.5 Å². The topological polar surface area (TPSA) is 106 Å². The fourth-order valence-electron chi connectivity index (χ4n) is 1.74. The first kappa shape index (κ1) is 13.3. The molecule has 7 nitrogen and oxygen atoms in total. The highest BCUT2D eigenvalue weighted by Crippen LogP contribution is 2.13. The van der Waals surface area contributed by atoms with Gasteiger partial charge in [-0.05, 0) is 13.8 Å². The average Bonchev–Trinajstić information content (AvgIpc) is 2.75. The molecule has 0 atom stereocenters. The number of aromatic amines is 1. The van der Waals surface area contributed by atoms with Gasteiger partial charge in [-0.15, -0.1) is 11.3 Å². The lowest BCUT2D eigenvalue weighted by Crippen LogP contribution is -2.33. The molecule has 4 N–H and O–H groups in total. The smallest absolute Gasteiger partial charge is 0.330 e. The summed E-state index contributed by atoms with van der Waals surface area (Å²) in [5.41, 5.74) is 5.84. The molecule has 19 heavy (non-hydrogen) atoms. The van der Waals surface area contributed by atoms with E-state index in [1.165, 1.54) is 15.9 Å². The second-order valence-electron chi connectivity index (χ2n) is 3.98. The summed E-state index contributed by atoms with van der Waals surface area (Å²) in [6, 6.07) is 0. The summed E-state index contributed by atoms with van der Waals surface area (Å²) in [4.78, 5) is 29.7. The highest BCUT2D eigenvalue weighted by molar-refractivity contribution is 7.09. The van der Waals surface area contributed by atoms with Crippen molar-refractivity contribution < 1.29 is 0 Å². The third-order valence-corrected chi connectivity index (χ3v) is 3.49. The lowest BCUT2D eigenvalue weighted by molar-refractivity contribution is 0.706. The summed E-state index contributed by atoms with van der Waals surface area (Å²) in [6.45, 7) is 4.47. The average molecular weight is 281 g/mol. The van der Waals surface area contributed by atoms with Crippen molar-refractivity contribution in [1.82, 2.24) is 14.5 Å². The normalized spacial score (nSPS) is 10.6. The largest absolute Gasteiger partial charge is 0.383 e. The second-order valence-corrected chi connectivity index (χ2v) is 5.04. The zero-order chi connectivity index (χ0) is 14.0. The number of aryl methyl sites for hydroxylation is 1. The van der Waals surface area contributed by atoms with E-state index < -0.39 is 11.2 Å². The number of aromatic nitrogens is 3. The summed E-state index contributed by atoms with van der Waals surface area (Å²) in [5, 5.41) is 5.79. The lowest BCUT2D eigenvalue weighted by atomic mass is 10.4. The molecule has 0 saturated carbocycles. The molecule has 2 aromatic rings. The van der Waals surface area contributed by atoms with Crippen molar-refractivity contribution in [2.24, 2.45) is 0 Å². The lowest BCUT2D eigenvalue weighted by Gasteiger charge is -2.11. The van der Waals surface area contributed by atoms with Gasteiger partial charge in [0.1, 0.15) is 11.5 Å². The van der Waals surface area contributed by atoms with Crippen LogP contribution in [-0.4, -0.2) is 14.5 Å². The first-order valence-corrected chi connectivity index (χ1v) is 6.68. The van der Waals surface area contributed by atoms with E-state index in [0.717, 1.165) is 10.7 Å². The van der Waals surface area contributed by atoms with Crippen LogP contribution in [0.5, 0.6) is 0 Å². The fourth-order valence-corrected chi connectivity index (χ4v) is 2.35. The van der Waals surface area contributed by atoms with E-state index in [1.54, 1.807) is 6.92 Å². The molecule has 0 aliphatic carbocycles. The summed E-state index contributed by atoms with van der Waals surface area (Å²) in [7, 11) is 0. The van der Waals surface area contributed by atoms with Crippen molar-refractivity contribution in [3.63, 3.8) is 0 Å². The number of thiazole rings is 1. The molecule has 0 radical (unpaired) electrons. The molecule has 2 rings (SSSR count). The van der Waals surface area contributed by atoms with Gasteiger partial charge in [-0.3, -0.25) is 14.3 Å². The number of nitrogen functional groups attached to an aromatic ring is 1. The van der Waals surface area contributed by atoms with Crippen LogP contribution in [0.1, 0.15) is 17.6 Å². The zero-order valence-electron chi connectivity index (χ0n) is 10.7. The van der Waals surface area contributed by atoms with Crippen LogP contribution in [-0.2, 0) is 13.1 Å². The molecular weight excluding hydrogens is 266 g/mol. The Kier molecular flexibility index (Phi) is 3.70. The fraction of sp³-hybridized carbons (Fsp3) is 0.364. The van der Waals surface area contributed by atoms with Gasteiger partial charge in [0.2, 0.25) is 0 Å². The van der Waals surface area contributed by atoms with Gasteiger partial charge in [-0.25, -0.2) is 9.78 Å². The van der Waals surface area contributed by atoms with Gasteiger partial charge in [-0.1, -0.05) is 0 Å². The van der Waals surface area contributed by atoms with E-state index in [2.05, 4.69) is 15.3 Å². The Morgan fingerprint density at radius 2 is 2.26 bits per heavy atom. The maximum absolute atomic E-state index is 11.7. The maximum Gasteiger partial charge on any atom is 0.330 e. The molecular formula is C11H15N5O2S. The van der Waals surface area contributed by atoms with E-state index in [-0.39, 0.29) is 11.5 Å². The highest BCUT2D eigenvalue weighted by Gasteiger charge is 2.11. The highest BCUT2D eigenvalue weighted by atomic mass is 32.1. The Labute approximate surface area is 113 Å². The van der Waals surface area contributed by atoms with E-state index >= 15 is 0 Å². The Bertz CT molecular complexity index is 700. The molecule has 0 aliphatic rings. The standard InChI is InChI=1S/C11H15N5O2S/c1-3-16-9(12)8(10(17)15-11(16)18)13-4-7-5-19-6(2)14-7/h5,13H,3-4,12H2,1-2H3,(H,15,17,18). The molecule has 0 unspecified atom stereocenters. The van der Waals surface area contributed by atoms with Crippen LogP contribution in [0, 0.1) is 6.92 Å². The summed E-state index contributed by atoms with van der Waals surface area (Å²) in [6.07, 6.45) is 0. The molecule has 2 heterocycles. The van der Waals surface area contributed by atoms with Gasteiger partial charge < -0.3 is 11.1 Å². The van der Waals surface area contributed by atoms with E-state index in [4.69, 9.17) is 5.73 Å². The monoisotopic (exact) mass is 281 g/mol. The van der Waals surface area contributed by atoms with Crippen LogP contribution in [0.25, 0.3) is 0 Å². The third kappa shape index (κ3) is 2.68. The molecule has 0 aromatic carbocycles. The van der Waals surface area contributed by atoms with Crippen molar-refractivity contribution >= 4 is 22.8 Å². The van der Waals surface area contributed by atoms with Crippen molar-refractivity contribution in [2.75, 3.05) is 11.1 Å². The van der Waals surface area contributed by atoms with Gasteiger partial charge in [0, 0.05) is 11.9 Å². The minimum atomic E-state index is -0.515. The molecule has 0 bridgehead atoms. The summed E-state index contributed by atoms with van der Waals surface area (Å²) >= 11 is 1.53. The van der Waals surface area contributed by atoms with Crippen LogP contribution < -0.4 is 22.3 Å². The molecule has 2 aromatic heterocycles. The number of anilines is 2. The number of hydrogen-bond donors (Lipinski definition) is 3. The quantitative estimate of drug-likeness (QED) is 0.757. The predicted octanol–water partition coefficient (Wildman–Crippen LogP) is 0.516. The van der Waals surface area contributed by atoms with E-state index in [0.29, 0.717) is 13.1 Å². The van der Waals surface area contributed by atoms with Crippen LogP contribution in [0.2, 0.25) is 0 Å². The predicted molar refractivity (Wildman–Crippen MR) is 75.6 cm³/mol. The molecule has 0 saturated heterocycles. The van der Waals surface area contributed by atoms with Crippen molar-refractivity contribution in [3.05, 3.63) is 36.9 Å². The van der Waals surface area contributed by atoms with Crippen molar-refractivity contribution in [3.8, 4) is 0 Å². The summed E-state index contributed by atoms with van der Waals surface area (Å²) in [5.74, 6) is 0.142. The van der Waals surface area contributed by atoms with Gasteiger partial charge in [-0.2, -0.15) is 0 Å². The number of rotatable bonds is 4. The Morgan fingerprint density at radius 3 is 2.84 bits per heavy atom. The van der Waals surface area contributed by atoms with Gasteiger partial charge in [0.15, 0.2) is 0 Å². The van der Waals surface area contributed by atoms with Gasteiger partial charge in [0.25, 0.3) is 5.56 Å². The molecule has 0 spiro atoms. The number of nitrogens with zero attached hydrogens (tertiary/aromatic N) is 2. The Morgan fingerprint density at radius 1 is 1.53 bits per heavy atom. The molecule has 0 aliphatic heterocycles. The first-order valence-electron chi connectivity index (χ1n) is 5.80. The van der Waals surface area contributed by atoms with E-state index in [9.17, 15) is 9.59 Å². The minimum absolute atomic E-state index is 0.142. The van der Waals surface area contributed by atoms with Crippen LogP contribution >= 0.6 is 11.3 Å². The molecule has 0 amide bonds. The van der Waals surface area contributed by atoms with E-state index in [1.807, 2.05) is 12.3 Å². The zero-order valence-corrected chi connectivity index (χ0v) is 11.5. The summed E-state index contributed by atoms with van der Waals surface area (Å²) < 4.78 is 1.30. The maximum atomic E-state index is 11.7. The first-order chi connectivity index (χ1) is 9.02. The number of nitrogens with one attached hydrogen (secondary N) is 2. The van der Waals surface area contributed by atoms with Gasteiger partial charge in [0.05, 0.1) is 17.2 Å². The molecule has 8 heteroatoms. The number of H-pyrrole nitrogens is 1. The van der Waals surface area contributed by atoms with Crippen molar-refractivity contribution in [1.29, 1.82) is 0 Å². The number of hydrogen-bond acceptors (Lipinski definition) is 6. The molecule has 102 valence electrons. The molecule has 0 fully saturated rings.